The number of methoxy groups -OCH3 is 1. The number of amides is 2. The number of urea groups is 1. The molecule has 2 atom stereocenters. The summed E-state index contributed by atoms with van der Waals surface area (Å²) < 4.78 is 5.13. The van der Waals surface area contributed by atoms with E-state index in [2.05, 4.69) is 10.6 Å². The largest absolute Gasteiger partial charge is 0.497 e. The summed E-state index contributed by atoms with van der Waals surface area (Å²) in [5.74, 6) is 1.07. The van der Waals surface area contributed by atoms with Crippen molar-refractivity contribution in [2.24, 2.45) is 5.92 Å². The van der Waals surface area contributed by atoms with Crippen molar-refractivity contribution in [3.63, 3.8) is 0 Å². The zero-order chi connectivity index (χ0) is 15.7. The fourth-order valence-corrected chi connectivity index (χ4v) is 2.06. The minimum Gasteiger partial charge on any atom is -0.497 e. The van der Waals surface area contributed by atoms with E-state index in [-0.39, 0.29) is 24.6 Å². The van der Waals surface area contributed by atoms with Crippen LogP contribution in [-0.4, -0.2) is 31.4 Å². The molecule has 0 spiro atoms. The Balaban J connectivity index is 2.50. The standard InChI is InChI=1S/C16H26N2O3/c1-4-15(13-5-7-14(21-3)8-6-13)18-16(20)17-11-12(2)9-10-19/h5-8,12,15,19H,4,9-11H2,1-3H3,(H2,17,18,20). The second-order valence-electron chi connectivity index (χ2n) is 5.21. The molecule has 0 fully saturated rings. The van der Waals surface area contributed by atoms with Gasteiger partial charge in [0.15, 0.2) is 0 Å². The predicted octanol–water partition coefficient (Wildman–Crippen LogP) is 2.46. The van der Waals surface area contributed by atoms with Crippen molar-refractivity contribution in [2.45, 2.75) is 32.7 Å². The van der Waals surface area contributed by atoms with Gasteiger partial charge in [0.05, 0.1) is 13.2 Å². The molecule has 2 amide bonds. The van der Waals surface area contributed by atoms with Gasteiger partial charge in [-0.05, 0) is 36.5 Å². The summed E-state index contributed by atoms with van der Waals surface area (Å²) in [5, 5.41) is 14.6. The molecule has 5 heteroatoms. The Labute approximate surface area is 126 Å². The molecule has 21 heavy (non-hydrogen) atoms. The molecule has 0 saturated heterocycles. The van der Waals surface area contributed by atoms with Crippen molar-refractivity contribution < 1.29 is 14.6 Å². The summed E-state index contributed by atoms with van der Waals surface area (Å²) in [4.78, 5) is 11.9. The van der Waals surface area contributed by atoms with Crippen LogP contribution in [0.25, 0.3) is 0 Å². The maximum absolute atomic E-state index is 11.9. The van der Waals surface area contributed by atoms with E-state index in [1.165, 1.54) is 0 Å². The number of hydrogen-bond donors (Lipinski definition) is 3. The Bertz CT molecular complexity index is 420. The third-order valence-corrected chi connectivity index (χ3v) is 3.46. The molecule has 2 unspecified atom stereocenters. The molecule has 0 saturated carbocycles. The van der Waals surface area contributed by atoms with Crippen molar-refractivity contribution >= 4 is 6.03 Å². The summed E-state index contributed by atoms with van der Waals surface area (Å²) in [6, 6.07) is 7.50. The summed E-state index contributed by atoms with van der Waals surface area (Å²) >= 11 is 0. The molecular formula is C16H26N2O3. The van der Waals surface area contributed by atoms with Gasteiger partial charge < -0.3 is 20.5 Å². The highest BCUT2D eigenvalue weighted by molar-refractivity contribution is 5.74. The van der Waals surface area contributed by atoms with Gasteiger partial charge in [-0.3, -0.25) is 0 Å². The second kappa shape index (κ2) is 9.23. The summed E-state index contributed by atoms with van der Waals surface area (Å²) in [6.07, 6.45) is 1.50. The van der Waals surface area contributed by atoms with Crippen LogP contribution in [0.3, 0.4) is 0 Å². The highest BCUT2D eigenvalue weighted by Gasteiger charge is 2.13. The lowest BCUT2D eigenvalue weighted by atomic mass is 10.0. The lowest BCUT2D eigenvalue weighted by molar-refractivity contribution is 0.230. The van der Waals surface area contributed by atoms with Gasteiger partial charge in [-0.2, -0.15) is 0 Å². The molecule has 1 aromatic rings. The number of hydrogen-bond acceptors (Lipinski definition) is 3. The van der Waals surface area contributed by atoms with Gasteiger partial charge in [-0.1, -0.05) is 26.0 Å². The molecule has 3 N–H and O–H groups in total. The Kier molecular flexibility index (Phi) is 7.61. The van der Waals surface area contributed by atoms with Crippen LogP contribution in [0.1, 0.15) is 38.3 Å². The average Bonchev–Trinajstić information content (AvgIpc) is 2.51. The highest BCUT2D eigenvalue weighted by Crippen LogP contribution is 2.19. The molecule has 0 bridgehead atoms. The lowest BCUT2D eigenvalue weighted by Gasteiger charge is -2.19. The topological polar surface area (TPSA) is 70.6 Å². The van der Waals surface area contributed by atoms with Crippen molar-refractivity contribution in [3.8, 4) is 5.75 Å². The van der Waals surface area contributed by atoms with Gasteiger partial charge in [-0.15, -0.1) is 0 Å². The Morgan fingerprint density at radius 1 is 1.33 bits per heavy atom. The minimum absolute atomic E-state index is 0.0240. The number of carbonyl (C=O) groups is 1. The third-order valence-electron chi connectivity index (χ3n) is 3.46. The van der Waals surface area contributed by atoms with E-state index in [4.69, 9.17) is 9.84 Å². The van der Waals surface area contributed by atoms with Crippen molar-refractivity contribution in [1.82, 2.24) is 10.6 Å². The molecular weight excluding hydrogens is 268 g/mol. The summed E-state index contributed by atoms with van der Waals surface area (Å²) in [6.45, 7) is 4.74. The van der Waals surface area contributed by atoms with Crippen LogP contribution in [-0.2, 0) is 0 Å². The van der Waals surface area contributed by atoms with Gasteiger partial charge >= 0.3 is 6.03 Å². The van der Waals surface area contributed by atoms with E-state index in [1.807, 2.05) is 38.1 Å². The summed E-state index contributed by atoms with van der Waals surface area (Å²) in [5.41, 5.74) is 1.05. The quantitative estimate of drug-likeness (QED) is 0.690. The smallest absolute Gasteiger partial charge is 0.315 e. The molecule has 118 valence electrons. The lowest BCUT2D eigenvalue weighted by Crippen LogP contribution is -2.39. The van der Waals surface area contributed by atoms with Crippen LogP contribution in [0.4, 0.5) is 4.79 Å². The molecule has 5 nitrogen and oxygen atoms in total. The SMILES string of the molecule is CCC(NC(=O)NCC(C)CCO)c1ccc(OC)cc1. The van der Waals surface area contributed by atoms with Gasteiger partial charge in [0.1, 0.15) is 5.75 Å². The Morgan fingerprint density at radius 2 is 2.00 bits per heavy atom. The molecule has 0 aliphatic heterocycles. The monoisotopic (exact) mass is 294 g/mol. The number of ether oxygens (including phenoxy) is 1. The first-order valence-corrected chi connectivity index (χ1v) is 7.39. The van der Waals surface area contributed by atoms with Crippen LogP contribution in [0.2, 0.25) is 0 Å². The number of rotatable bonds is 8. The first-order valence-electron chi connectivity index (χ1n) is 7.39. The highest BCUT2D eigenvalue weighted by atomic mass is 16.5. The van der Waals surface area contributed by atoms with Gasteiger partial charge in [0.25, 0.3) is 0 Å². The third kappa shape index (κ3) is 6.04. The normalized spacial score (nSPS) is 13.3. The molecule has 0 heterocycles. The second-order valence-corrected chi connectivity index (χ2v) is 5.21. The van der Waals surface area contributed by atoms with Gasteiger partial charge in [-0.25, -0.2) is 4.79 Å². The fourth-order valence-electron chi connectivity index (χ4n) is 2.06. The number of aliphatic hydroxyl groups is 1. The van der Waals surface area contributed by atoms with Crippen LogP contribution >= 0.6 is 0 Å². The Hall–Kier alpha value is -1.75. The van der Waals surface area contributed by atoms with E-state index >= 15 is 0 Å². The van der Waals surface area contributed by atoms with Crippen LogP contribution in [0, 0.1) is 5.92 Å². The zero-order valence-corrected chi connectivity index (χ0v) is 13.1. The van der Waals surface area contributed by atoms with Crippen molar-refractivity contribution in [3.05, 3.63) is 29.8 Å². The first-order chi connectivity index (χ1) is 10.1. The number of nitrogens with one attached hydrogen (secondary N) is 2. The minimum atomic E-state index is -0.178. The number of benzene rings is 1. The fraction of sp³-hybridized carbons (Fsp3) is 0.562. The van der Waals surface area contributed by atoms with Crippen molar-refractivity contribution in [1.29, 1.82) is 0 Å². The zero-order valence-electron chi connectivity index (χ0n) is 13.1. The first kappa shape index (κ1) is 17.3. The molecule has 0 radical (unpaired) electrons. The van der Waals surface area contributed by atoms with Crippen molar-refractivity contribution in [2.75, 3.05) is 20.3 Å². The van der Waals surface area contributed by atoms with Crippen LogP contribution in [0.15, 0.2) is 24.3 Å². The van der Waals surface area contributed by atoms with E-state index in [1.54, 1.807) is 7.11 Å². The van der Waals surface area contributed by atoms with E-state index in [0.29, 0.717) is 13.0 Å². The number of carbonyl (C=O) groups excluding carboxylic acids is 1. The van der Waals surface area contributed by atoms with E-state index in [9.17, 15) is 4.79 Å². The molecule has 0 aromatic heterocycles. The average molecular weight is 294 g/mol. The van der Waals surface area contributed by atoms with E-state index < -0.39 is 0 Å². The predicted molar refractivity (Wildman–Crippen MR) is 83.4 cm³/mol. The molecule has 0 aliphatic rings. The maximum atomic E-state index is 11.9. The molecule has 0 aliphatic carbocycles. The van der Waals surface area contributed by atoms with Gasteiger partial charge in [0, 0.05) is 13.2 Å². The molecule has 1 aromatic carbocycles. The maximum Gasteiger partial charge on any atom is 0.315 e. The molecule has 1 rings (SSSR count). The number of aliphatic hydroxyl groups excluding tert-OH is 1. The van der Waals surface area contributed by atoms with Crippen LogP contribution < -0.4 is 15.4 Å². The van der Waals surface area contributed by atoms with E-state index in [0.717, 1.165) is 17.7 Å². The Morgan fingerprint density at radius 3 is 2.52 bits per heavy atom. The summed E-state index contributed by atoms with van der Waals surface area (Å²) in [7, 11) is 1.63. The van der Waals surface area contributed by atoms with Gasteiger partial charge in [0.2, 0.25) is 0 Å². The van der Waals surface area contributed by atoms with Crippen LogP contribution in [0.5, 0.6) is 5.75 Å².